The van der Waals surface area contributed by atoms with Gasteiger partial charge in [-0.1, -0.05) is 36.8 Å². The molecule has 1 aliphatic carbocycles. The fourth-order valence-electron chi connectivity index (χ4n) is 3.64. The largest absolute Gasteiger partial charge is 0.298 e. The Morgan fingerprint density at radius 3 is 2.89 bits per heavy atom. The molecule has 0 amide bonds. The van der Waals surface area contributed by atoms with Crippen molar-refractivity contribution < 1.29 is 0 Å². The van der Waals surface area contributed by atoms with Crippen molar-refractivity contribution in [1.29, 1.82) is 0 Å². The summed E-state index contributed by atoms with van der Waals surface area (Å²) in [4.78, 5) is 2.65. The summed E-state index contributed by atoms with van der Waals surface area (Å²) in [6.07, 6.45) is 7.57. The molecule has 0 radical (unpaired) electrons. The Hall–Kier alpha value is -1.08. The summed E-state index contributed by atoms with van der Waals surface area (Å²) in [6.45, 7) is 7.66. The molecule has 0 bridgehead atoms. The second-order valence-corrected chi connectivity index (χ2v) is 5.84. The van der Waals surface area contributed by atoms with E-state index in [-0.39, 0.29) is 0 Å². The van der Waals surface area contributed by atoms with Crippen LogP contribution in [0.2, 0.25) is 0 Å². The molecule has 0 saturated heterocycles. The highest BCUT2D eigenvalue weighted by Gasteiger charge is 2.27. The first kappa shape index (κ1) is 12.0. The summed E-state index contributed by atoms with van der Waals surface area (Å²) >= 11 is 0. The number of hydrogen-bond donors (Lipinski definition) is 0. The van der Waals surface area contributed by atoms with Gasteiger partial charge in [-0.2, -0.15) is 0 Å². The summed E-state index contributed by atoms with van der Waals surface area (Å²) in [6, 6.07) is 8.92. The van der Waals surface area contributed by atoms with E-state index in [2.05, 4.69) is 41.8 Å². The monoisotopic (exact) mass is 241 g/mol. The molecule has 96 valence electrons. The van der Waals surface area contributed by atoms with Gasteiger partial charge in [0.2, 0.25) is 0 Å². The molecule has 1 aromatic rings. The minimum atomic E-state index is 0.766. The number of fused-ring (bicyclic) bond motifs is 1. The van der Waals surface area contributed by atoms with Gasteiger partial charge in [0, 0.05) is 19.6 Å². The molecule has 0 N–H and O–H groups in total. The van der Waals surface area contributed by atoms with E-state index in [4.69, 9.17) is 0 Å². The smallest absolute Gasteiger partial charge is 0.0236 e. The van der Waals surface area contributed by atoms with Crippen molar-refractivity contribution in [2.24, 2.45) is 11.8 Å². The molecule has 0 spiro atoms. The zero-order valence-electron chi connectivity index (χ0n) is 11.1. The Kier molecular flexibility index (Phi) is 3.51. The lowest BCUT2D eigenvalue weighted by molar-refractivity contribution is 0.201. The molecule has 2 unspecified atom stereocenters. The maximum Gasteiger partial charge on any atom is 0.0236 e. The third-order valence-electron chi connectivity index (χ3n) is 4.72. The molecular formula is C17H23N. The van der Waals surface area contributed by atoms with Crippen molar-refractivity contribution in [3.63, 3.8) is 0 Å². The molecular weight excluding hydrogens is 218 g/mol. The van der Waals surface area contributed by atoms with Crippen LogP contribution >= 0.6 is 0 Å². The van der Waals surface area contributed by atoms with Crippen LogP contribution in [0.3, 0.4) is 0 Å². The van der Waals surface area contributed by atoms with Crippen molar-refractivity contribution >= 4 is 0 Å². The zero-order chi connectivity index (χ0) is 12.4. The van der Waals surface area contributed by atoms with Gasteiger partial charge in [-0.05, 0) is 42.2 Å². The minimum Gasteiger partial charge on any atom is -0.298 e. The molecule has 1 aliphatic heterocycles. The zero-order valence-corrected chi connectivity index (χ0v) is 11.1. The Labute approximate surface area is 111 Å². The van der Waals surface area contributed by atoms with Gasteiger partial charge in [0.1, 0.15) is 0 Å². The number of allylic oxidation sites excluding steroid dienone is 1. The van der Waals surface area contributed by atoms with E-state index in [0.29, 0.717) is 0 Å². The molecule has 18 heavy (non-hydrogen) atoms. The molecule has 2 atom stereocenters. The van der Waals surface area contributed by atoms with E-state index in [1.807, 2.05) is 0 Å². The van der Waals surface area contributed by atoms with Crippen LogP contribution in [0.4, 0.5) is 0 Å². The van der Waals surface area contributed by atoms with Gasteiger partial charge < -0.3 is 0 Å². The summed E-state index contributed by atoms with van der Waals surface area (Å²) in [5.74, 6) is 1.62. The summed E-state index contributed by atoms with van der Waals surface area (Å²) in [7, 11) is 0. The van der Waals surface area contributed by atoms with Gasteiger partial charge in [-0.15, -0.1) is 6.58 Å². The highest BCUT2D eigenvalue weighted by atomic mass is 15.1. The van der Waals surface area contributed by atoms with Crippen LogP contribution < -0.4 is 0 Å². The fraction of sp³-hybridized carbons (Fsp3) is 0.529. The fourth-order valence-corrected chi connectivity index (χ4v) is 3.64. The number of hydrogen-bond acceptors (Lipinski definition) is 1. The standard InChI is InChI=1S/C17H23N/c1-2-14-8-5-9-16(14)12-18-11-10-15-6-3-4-7-17(15)13-18/h2-4,6-7,14,16H,1,5,8-13H2. The normalized spacial score (nSPS) is 28.0. The Balaban J connectivity index is 1.64. The minimum absolute atomic E-state index is 0.766. The Morgan fingerprint density at radius 1 is 1.22 bits per heavy atom. The Bertz CT molecular complexity index is 423. The first-order valence-corrected chi connectivity index (χ1v) is 7.28. The van der Waals surface area contributed by atoms with E-state index < -0.39 is 0 Å². The lowest BCUT2D eigenvalue weighted by Crippen LogP contribution is -2.35. The first-order chi connectivity index (χ1) is 8.86. The van der Waals surface area contributed by atoms with E-state index in [1.165, 1.54) is 44.3 Å². The predicted octanol–water partition coefficient (Wildman–Crippen LogP) is 3.65. The lowest BCUT2D eigenvalue weighted by atomic mass is 9.93. The molecule has 1 aromatic carbocycles. The van der Waals surface area contributed by atoms with Gasteiger partial charge in [0.05, 0.1) is 0 Å². The molecule has 2 aliphatic rings. The Morgan fingerprint density at radius 2 is 2.06 bits per heavy atom. The maximum absolute atomic E-state index is 4.00. The van der Waals surface area contributed by atoms with Gasteiger partial charge in [-0.25, -0.2) is 0 Å². The summed E-state index contributed by atoms with van der Waals surface area (Å²) < 4.78 is 0. The third-order valence-corrected chi connectivity index (χ3v) is 4.72. The van der Waals surface area contributed by atoms with Crippen molar-refractivity contribution in [2.45, 2.75) is 32.2 Å². The van der Waals surface area contributed by atoms with Crippen LogP contribution in [0.1, 0.15) is 30.4 Å². The topological polar surface area (TPSA) is 3.24 Å². The molecule has 1 saturated carbocycles. The lowest BCUT2D eigenvalue weighted by Gasteiger charge is -2.32. The van der Waals surface area contributed by atoms with E-state index in [1.54, 1.807) is 5.56 Å². The van der Waals surface area contributed by atoms with Crippen molar-refractivity contribution in [3.8, 4) is 0 Å². The van der Waals surface area contributed by atoms with Gasteiger partial charge in [0.25, 0.3) is 0 Å². The maximum atomic E-state index is 4.00. The van der Waals surface area contributed by atoms with Crippen molar-refractivity contribution in [2.75, 3.05) is 13.1 Å². The van der Waals surface area contributed by atoms with Crippen LogP contribution in [0.15, 0.2) is 36.9 Å². The van der Waals surface area contributed by atoms with Gasteiger partial charge in [0.15, 0.2) is 0 Å². The van der Waals surface area contributed by atoms with Gasteiger partial charge in [-0.3, -0.25) is 4.90 Å². The average Bonchev–Trinajstić information content (AvgIpc) is 2.86. The SMILES string of the molecule is C=CC1CCCC1CN1CCc2ccccc2C1. The number of nitrogens with zero attached hydrogens (tertiary/aromatic N) is 1. The van der Waals surface area contributed by atoms with Crippen LogP contribution in [-0.2, 0) is 13.0 Å². The van der Waals surface area contributed by atoms with Crippen molar-refractivity contribution in [3.05, 3.63) is 48.0 Å². The van der Waals surface area contributed by atoms with E-state index in [0.717, 1.165) is 18.4 Å². The van der Waals surface area contributed by atoms with E-state index >= 15 is 0 Å². The molecule has 3 rings (SSSR count). The second-order valence-electron chi connectivity index (χ2n) is 5.84. The molecule has 1 nitrogen and oxygen atoms in total. The predicted molar refractivity (Wildman–Crippen MR) is 76.5 cm³/mol. The second kappa shape index (κ2) is 5.27. The number of rotatable bonds is 3. The highest BCUT2D eigenvalue weighted by Crippen LogP contribution is 2.33. The summed E-state index contributed by atoms with van der Waals surface area (Å²) in [5.41, 5.74) is 3.09. The first-order valence-electron chi connectivity index (χ1n) is 7.28. The van der Waals surface area contributed by atoms with Crippen LogP contribution in [0.5, 0.6) is 0 Å². The highest BCUT2D eigenvalue weighted by molar-refractivity contribution is 5.29. The van der Waals surface area contributed by atoms with E-state index in [9.17, 15) is 0 Å². The van der Waals surface area contributed by atoms with Crippen LogP contribution in [0, 0.1) is 11.8 Å². The third kappa shape index (κ3) is 2.37. The molecule has 1 fully saturated rings. The quantitative estimate of drug-likeness (QED) is 0.730. The average molecular weight is 241 g/mol. The molecule has 0 aromatic heterocycles. The van der Waals surface area contributed by atoms with Crippen LogP contribution in [0.25, 0.3) is 0 Å². The summed E-state index contributed by atoms with van der Waals surface area (Å²) in [5, 5.41) is 0. The van der Waals surface area contributed by atoms with Crippen LogP contribution in [-0.4, -0.2) is 18.0 Å². The number of benzene rings is 1. The molecule has 1 heteroatoms. The van der Waals surface area contributed by atoms with Gasteiger partial charge >= 0.3 is 0 Å². The van der Waals surface area contributed by atoms with Crippen molar-refractivity contribution in [1.82, 2.24) is 4.90 Å². The molecule has 1 heterocycles.